The van der Waals surface area contributed by atoms with Crippen LogP contribution >= 0.6 is 0 Å². The number of nitrogens with zero attached hydrogens (tertiary/aromatic N) is 2. The van der Waals surface area contributed by atoms with Crippen molar-refractivity contribution in [3.05, 3.63) is 42.0 Å². The number of rotatable bonds is 5. The second kappa shape index (κ2) is 5.56. The fraction of sp³-hybridized carbons (Fsp3) is 0.286. The standard InChI is InChI=1S/C14H17N3O2/c1-3-17-9-8-16-14(17)13(18)12-10(15)6-5-7-11(12)19-4-2/h5-9H,3-4,15H2,1-2H3. The summed E-state index contributed by atoms with van der Waals surface area (Å²) in [5, 5.41) is 0. The Kier molecular flexibility index (Phi) is 3.85. The van der Waals surface area contributed by atoms with Crippen molar-refractivity contribution in [3.8, 4) is 5.75 Å². The van der Waals surface area contributed by atoms with Crippen LogP contribution in [0.3, 0.4) is 0 Å². The number of benzene rings is 1. The molecule has 100 valence electrons. The first kappa shape index (κ1) is 13.1. The Labute approximate surface area is 112 Å². The topological polar surface area (TPSA) is 70.1 Å². The van der Waals surface area contributed by atoms with E-state index in [1.165, 1.54) is 0 Å². The number of imidazole rings is 1. The molecule has 5 nitrogen and oxygen atoms in total. The SMILES string of the molecule is CCOc1cccc(N)c1C(=O)c1nccn1CC. The summed E-state index contributed by atoms with van der Waals surface area (Å²) in [5.41, 5.74) is 6.70. The van der Waals surface area contributed by atoms with Crippen LogP contribution in [0.1, 0.15) is 30.0 Å². The highest BCUT2D eigenvalue weighted by Crippen LogP contribution is 2.26. The number of hydrogen-bond donors (Lipinski definition) is 1. The van der Waals surface area contributed by atoms with E-state index in [4.69, 9.17) is 10.5 Å². The minimum Gasteiger partial charge on any atom is -0.493 e. The lowest BCUT2D eigenvalue weighted by Crippen LogP contribution is -2.14. The monoisotopic (exact) mass is 259 g/mol. The zero-order chi connectivity index (χ0) is 13.8. The van der Waals surface area contributed by atoms with Gasteiger partial charge in [0, 0.05) is 24.6 Å². The Bertz CT molecular complexity index is 590. The lowest BCUT2D eigenvalue weighted by molar-refractivity contribution is 0.102. The van der Waals surface area contributed by atoms with Gasteiger partial charge in [-0.2, -0.15) is 0 Å². The lowest BCUT2D eigenvalue weighted by Gasteiger charge is -2.12. The number of carbonyl (C=O) groups excluding carboxylic acids is 1. The normalized spacial score (nSPS) is 10.4. The third-order valence-electron chi connectivity index (χ3n) is 2.84. The molecule has 0 bridgehead atoms. The molecule has 5 heteroatoms. The predicted octanol–water partition coefficient (Wildman–Crippen LogP) is 2.11. The number of nitrogens with two attached hydrogens (primary N) is 1. The number of aromatic nitrogens is 2. The van der Waals surface area contributed by atoms with E-state index in [-0.39, 0.29) is 5.78 Å². The number of anilines is 1. The van der Waals surface area contributed by atoms with Gasteiger partial charge in [0.1, 0.15) is 5.75 Å². The van der Waals surface area contributed by atoms with Crippen LogP contribution in [0, 0.1) is 0 Å². The summed E-state index contributed by atoms with van der Waals surface area (Å²) in [5.74, 6) is 0.660. The molecule has 1 aromatic carbocycles. The van der Waals surface area contributed by atoms with Gasteiger partial charge in [0.05, 0.1) is 12.2 Å². The van der Waals surface area contributed by atoms with Crippen molar-refractivity contribution < 1.29 is 9.53 Å². The smallest absolute Gasteiger partial charge is 0.234 e. The average molecular weight is 259 g/mol. The third-order valence-corrected chi connectivity index (χ3v) is 2.84. The molecule has 0 spiro atoms. The van der Waals surface area contributed by atoms with E-state index >= 15 is 0 Å². The highest BCUT2D eigenvalue weighted by atomic mass is 16.5. The fourth-order valence-corrected chi connectivity index (χ4v) is 1.95. The summed E-state index contributed by atoms with van der Waals surface area (Å²) in [7, 11) is 0. The van der Waals surface area contributed by atoms with Gasteiger partial charge in [-0.05, 0) is 26.0 Å². The molecule has 0 aliphatic carbocycles. The average Bonchev–Trinajstić information content (AvgIpc) is 2.87. The quantitative estimate of drug-likeness (QED) is 0.659. The van der Waals surface area contributed by atoms with E-state index in [1.807, 2.05) is 13.8 Å². The zero-order valence-electron chi connectivity index (χ0n) is 11.1. The molecule has 0 radical (unpaired) electrons. The largest absolute Gasteiger partial charge is 0.493 e. The molecule has 1 heterocycles. The van der Waals surface area contributed by atoms with Gasteiger partial charge < -0.3 is 15.0 Å². The van der Waals surface area contributed by atoms with Gasteiger partial charge in [-0.3, -0.25) is 4.79 Å². The first-order chi connectivity index (χ1) is 9.19. The van der Waals surface area contributed by atoms with Gasteiger partial charge >= 0.3 is 0 Å². The van der Waals surface area contributed by atoms with Crippen LogP contribution in [0.25, 0.3) is 0 Å². The van der Waals surface area contributed by atoms with Crippen molar-refractivity contribution in [2.45, 2.75) is 20.4 Å². The van der Waals surface area contributed by atoms with Crippen molar-refractivity contribution >= 4 is 11.5 Å². The van der Waals surface area contributed by atoms with Crippen molar-refractivity contribution in [1.82, 2.24) is 9.55 Å². The summed E-state index contributed by atoms with van der Waals surface area (Å²) in [6, 6.07) is 5.20. The minimum atomic E-state index is -0.214. The number of ether oxygens (including phenoxy) is 1. The Balaban J connectivity index is 2.49. The van der Waals surface area contributed by atoms with Crippen LogP contribution in [0.2, 0.25) is 0 Å². The molecule has 0 fully saturated rings. The molecule has 0 atom stereocenters. The molecule has 0 unspecified atom stereocenters. The molecule has 19 heavy (non-hydrogen) atoms. The van der Waals surface area contributed by atoms with E-state index < -0.39 is 0 Å². The summed E-state index contributed by atoms with van der Waals surface area (Å²) >= 11 is 0. The van der Waals surface area contributed by atoms with Crippen LogP contribution < -0.4 is 10.5 Å². The van der Waals surface area contributed by atoms with E-state index in [1.54, 1.807) is 35.2 Å². The summed E-state index contributed by atoms with van der Waals surface area (Å²) in [6.45, 7) is 4.98. The van der Waals surface area contributed by atoms with Gasteiger partial charge in [0.25, 0.3) is 0 Å². The molecule has 2 aromatic rings. The van der Waals surface area contributed by atoms with Crippen molar-refractivity contribution in [2.75, 3.05) is 12.3 Å². The summed E-state index contributed by atoms with van der Waals surface area (Å²) in [4.78, 5) is 16.7. The van der Waals surface area contributed by atoms with Gasteiger partial charge in [0.15, 0.2) is 5.82 Å². The fourth-order valence-electron chi connectivity index (χ4n) is 1.95. The third kappa shape index (κ3) is 2.45. The van der Waals surface area contributed by atoms with Crippen molar-refractivity contribution in [1.29, 1.82) is 0 Å². The maximum atomic E-state index is 12.6. The Morgan fingerprint density at radius 2 is 2.21 bits per heavy atom. The Morgan fingerprint density at radius 1 is 1.42 bits per heavy atom. The zero-order valence-corrected chi connectivity index (χ0v) is 11.1. The number of hydrogen-bond acceptors (Lipinski definition) is 4. The molecule has 2 N–H and O–H groups in total. The van der Waals surface area contributed by atoms with Crippen LogP contribution in [0.4, 0.5) is 5.69 Å². The Hall–Kier alpha value is -2.30. The highest BCUT2D eigenvalue weighted by Gasteiger charge is 2.21. The summed E-state index contributed by atoms with van der Waals surface area (Å²) < 4.78 is 7.25. The number of nitrogen functional groups attached to an aromatic ring is 1. The van der Waals surface area contributed by atoms with Crippen LogP contribution in [0.15, 0.2) is 30.6 Å². The predicted molar refractivity (Wildman–Crippen MR) is 73.4 cm³/mol. The van der Waals surface area contributed by atoms with Crippen LogP contribution in [-0.4, -0.2) is 21.9 Å². The van der Waals surface area contributed by atoms with Gasteiger partial charge in [-0.25, -0.2) is 4.98 Å². The Morgan fingerprint density at radius 3 is 2.89 bits per heavy atom. The lowest BCUT2D eigenvalue weighted by atomic mass is 10.1. The number of ketones is 1. The van der Waals surface area contributed by atoms with Gasteiger partial charge in [-0.15, -0.1) is 0 Å². The molecule has 0 aliphatic rings. The molecule has 0 aliphatic heterocycles. The van der Waals surface area contributed by atoms with Crippen LogP contribution in [-0.2, 0) is 6.54 Å². The molecular formula is C14H17N3O2. The second-order valence-corrected chi connectivity index (χ2v) is 4.02. The van der Waals surface area contributed by atoms with Gasteiger partial charge in [-0.1, -0.05) is 6.07 Å². The van der Waals surface area contributed by atoms with E-state index in [9.17, 15) is 4.79 Å². The second-order valence-electron chi connectivity index (χ2n) is 4.02. The van der Waals surface area contributed by atoms with E-state index in [0.717, 1.165) is 0 Å². The number of carbonyl (C=O) groups is 1. The first-order valence-electron chi connectivity index (χ1n) is 6.26. The van der Waals surface area contributed by atoms with E-state index in [2.05, 4.69) is 4.98 Å². The summed E-state index contributed by atoms with van der Waals surface area (Å²) in [6.07, 6.45) is 3.38. The highest BCUT2D eigenvalue weighted by molar-refractivity contribution is 6.12. The molecule has 0 saturated carbocycles. The molecular weight excluding hydrogens is 242 g/mol. The van der Waals surface area contributed by atoms with Gasteiger partial charge in [0.2, 0.25) is 5.78 Å². The minimum absolute atomic E-state index is 0.214. The molecule has 0 amide bonds. The van der Waals surface area contributed by atoms with Crippen molar-refractivity contribution in [3.63, 3.8) is 0 Å². The molecule has 0 saturated heterocycles. The van der Waals surface area contributed by atoms with E-state index in [0.29, 0.717) is 36.0 Å². The molecule has 1 aromatic heterocycles. The maximum Gasteiger partial charge on any atom is 0.234 e. The van der Waals surface area contributed by atoms with Crippen LogP contribution in [0.5, 0.6) is 5.75 Å². The maximum absolute atomic E-state index is 12.6. The first-order valence-corrected chi connectivity index (χ1v) is 6.26. The van der Waals surface area contributed by atoms with Crippen molar-refractivity contribution in [2.24, 2.45) is 0 Å². The molecule has 2 rings (SSSR count). The number of aryl methyl sites for hydroxylation is 1.